The Balaban J connectivity index is 1.31. The molecule has 4 fully saturated rings. The summed E-state index contributed by atoms with van der Waals surface area (Å²) in [6, 6.07) is 19.3. The maximum Gasteiger partial charge on any atom is 0.0561 e. The summed E-state index contributed by atoms with van der Waals surface area (Å²) >= 11 is 0. The van der Waals surface area contributed by atoms with Crippen molar-refractivity contribution in [2.24, 2.45) is 22.9 Å². The van der Waals surface area contributed by atoms with E-state index in [1.807, 2.05) is 36.5 Å². The first-order chi connectivity index (χ1) is 12.3. The van der Waals surface area contributed by atoms with Gasteiger partial charge < -0.3 is 0 Å². The molecule has 0 aromatic heterocycles. The lowest BCUT2D eigenvalue weighted by Crippen LogP contribution is -2.48. The fraction of sp³-hybridized carbons (Fsp3) is 0.435. The van der Waals surface area contributed by atoms with Crippen molar-refractivity contribution in [1.29, 1.82) is 0 Å². The van der Waals surface area contributed by atoms with Gasteiger partial charge in [-0.1, -0.05) is 42.5 Å². The molecule has 4 bridgehead atoms. The Hall–Kier alpha value is -2.09. The quantitative estimate of drug-likeness (QED) is 0.572. The molecule has 2 aromatic rings. The molecule has 0 radical (unpaired) electrons. The van der Waals surface area contributed by atoms with Gasteiger partial charge in [-0.25, -0.2) is 0 Å². The van der Waals surface area contributed by atoms with Crippen molar-refractivity contribution in [2.45, 2.75) is 43.9 Å². The van der Waals surface area contributed by atoms with Gasteiger partial charge in [0, 0.05) is 0 Å². The Morgan fingerprint density at radius 2 is 1.40 bits per heavy atom. The van der Waals surface area contributed by atoms with Crippen molar-refractivity contribution < 1.29 is 0 Å². The molecule has 4 aliphatic rings. The summed E-state index contributed by atoms with van der Waals surface area (Å²) in [6.07, 6.45) is 10.7. The van der Waals surface area contributed by atoms with Gasteiger partial charge in [0.25, 0.3) is 0 Å². The average Bonchev–Trinajstić information content (AvgIpc) is 2.62. The van der Waals surface area contributed by atoms with Gasteiger partial charge in [-0.3, -0.25) is 5.43 Å². The van der Waals surface area contributed by atoms with Crippen molar-refractivity contribution in [3.8, 4) is 0 Å². The number of anilines is 1. The van der Waals surface area contributed by atoms with Crippen LogP contribution < -0.4 is 5.43 Å². The highest BCUT2D eigenvalue weighted by Gasteiger charge is 2.51. The van der Waals surface area contributed by atoms with Crippen LogP contribution in [-0.4, -0.2) is 6.21 Å². The Morgan fingerprint density at radius 1 is 0.800 bits per heavy atom. The van der Waals surface area contributed by atoms with Crippen molar-refractivity contribution in [2.75, 3.05) is 5.43 Å². The molecular weight excluding hydrogens is 304 g/mol. The fourth-order valence-electron chi connectivity index (χ4n) is 6.08. The van der Waals surface area contributed by atoms with E-state index in [9.17, 15) is 0 Å². The van der Waals surface area contributed by atoms with E-state index in [0.29, 0.717) is 5.41 Å². The van der Waals surface area contributed by atoms with Crippen molar-refractivity contribution >= 4 is 11.9 Å². The first kappa shape index (κ1) is 15.2. The van der Waals surface area contributed by atoms with Crippen LogP contribution in [0.2, 0.25) is 0 Å². The third-order valence-corrected chi connectivity index (χ3v) is 6.74. The van der Waals surface area contributed by atoms with Crippen LogP contribution in [0.5, 0.6) is 0 Å². The normalized spacial score (nSPS) is 33.0. The molecule has 1 N–H and O–H groups in total. The molecule has 6 rings (SSSR count). The molecule has 0 saturated heterocycles. The highest BCUT2D eigenvalue weighted by Crippen LogP contribution is 2.60. The van der Waals surface area contributed by atoms with Gasteiger partial charge in [-0.05, 0) is 85.0 Å². The topological polar surface area (TPSA) is 24.4 Å². The van der Waals surface area contributed by atoms with Crippen LogP contribution in [0.4, 0.5) is 5.69 Å². The van der Waals surface area contributed by atoms with Gasteiger partial charge in [0.05, 0.1) is 11.9 Å². The predicted octanol–water partition coefficient (Wildman–Crippen LogP) is 5.60. The molecule has 0 heterocycles. The molecule has 128 valence electrons. The van der Waals surface area contributed by atoms with Crippen molar-refractivity contribution in [1.82, 2.24) is 0 Å². The highest BCUT2D eigenvalue weighted by atomic mass is 15.3. The molecule has 2 heteroatoms. The number of nitrogens with zero attached hydrogens (tertiary/aromatic N) is 1. The number of para-hydroxylation sites is 1. The molecule has 4 aliphatic carbocycles. The van der Waals surface area contributed by atoms with Crippen LogP contribution in [-0.2, 0) is 5.41 Å². The summed E-state index contributed by atoms with van der Waals surface area (Å²) < 4.78 is 0. The molecule has 2 aromatic carbocycles. The fourth-order valence-corrected chi connectivity index (χ4v) is 6.08. The molecule has 0 amide bonds. The van der Waals surface area contributed by atoms with E-state index in [1.54, 1.807) is 5.56 Å². The maximum atomic E-state index is 4.36. The maximum absolute atomic E-state index is 4.36. The first-order valence-corrected chi connectivity index (χ1v) is 9.74. The minimum Gasteiger partial charge on any atom is -0.279 e. The lowest BCUT2D eigenvalue weighted by molar-refractivity contribution is -0.00518. The third-order valence-electron chi connectivity index (χ3n) is 6.74. The van der Waals surface area contributed by atoms with Gasteiger partial charge in [-0.15, -0.1) is 0 Å². The Kier molecular flexibility index (Phi) is 3.65. The van der Waals surface area contributed by atoms with Crippen molar-refractivity contribution in [3.63, 3.8) is 0 Å². The van der Waals surface area contributed by atoms with E-state index >= 15 is 0 Å². The minimum atomic E-state index is 0.493. The van der Waals surface area contributed by atoms with E-state index in [4.69, 9.17) is 0 Å². The SMILES string of the molecule is C(=N\Nc1ccccc1)/c1ccc(C23CC4CC(CC(C4)C2)C3)cc1. The molecule has 0 aliphatic heterocycles. The van der Waals surface area contributed by atoms with E-state index in [1.165, 1.54) is 38.5 Å². The van der Waals surface area contributed by atoms with E-state index < -0.39 is 0 Å². The third kappa shape index (κ3) is 2.88. The minimum absolute atomic E-state index is 0.493. The first-order valence-electron chi connectivity index (χ1n) is 9.74. The molecule has 0 atom stereocenters. The number of rotatable bonds is 4. The Morgan fingerprint density at radius 3 is 2.00 bits per heavy atom. The summed E-state index contributed by atoms with van der Waals surface area (Å²) in [4.78, 5) is 0. The van der Waals surface area contributed by atoms with E-state index in [-0.39, 0.29) is 0 Å². The van der Waals surface area contributed by atoms with Gasteiger partial charge in [0.2, 0.25) is 0 Å². The predicted molar refractivity (Wildman–Crippen MR) is 104 cm³/mol. The Bertz CT molecular complexity index is 725. The van der Waals surface area contributed by atoms with Crippen LogP contribution in [0.15, 0.2) is 59.7 Å². The van der Waals surface area contributed by atoms with E-state index in [0.717, 1.165) is 29.0 Å². The summed E-state index contributed by atoms with van der Waals surface area (Å²) in [5.74, 6) is 3.01. The average molecular weight is 330 g/mol. The number of nitrogens with one attached hydrogen (secondary N) is 1. The zero-order valence-electron chi connectivity index (χ0n) is 14.7. The summed E-state index contributed by atoms with van der Waals surface area (Å²) in [5, 5.41) is 4.36. The highest BCUT2D eigenvalue weighted by molar-refractivity contribution is 5.80. The van der Waals surface area contributed by atoms with Gasteiger partial charge in [-0.2, -0.15) is 5.10 Å². The number of hydrogen-bond donors (Lipinski definition) is 1. The van der Waals surface area contributed by atoms with Gasteiger partial charge >= 0.3 is 0 Å². The van der Waals surface area contributed by atoms with E-state index in [2.05, 4.69) is 34.8 Å². The second-order valence-electron chi connectivity index (χ2n) is 8.56. The zero-order chi connectivity index (χ0) is 16.7. The second-order valence-corrected chi connectivity index (χ2v) is 8.56. The zero-order valence-corrected chi connectivity index (χ0v) is 14.7. The standard InChI is InChI=1S/C23H26N2/c1-2-4-22(5-3-1)25-24-16-17-6-8-21(9-7-17)23-13-18-10-19(14-23)12-20(11-18)15-23/h1-9,16,18-20,25H,10-15H2/b24-16+. The molecule has 0 spiro atoms. The number of hydrazone groups is 1. The molecular formula is C23H26N2. The lowest BCUT2D eigenvalue weighted by Gasteiger charge is -2.57. The van der Waals surface area contributed by atoms with Crippen molar-refractivity contribution in [3.05, 3.63) is 65.7 Å². The summed E-state index contributed by atoms with van der Waals surface area (Å²) in [6.45, 7) is 0. The summed E-state index contributed by atoms with van der Waals surface area (Å²) in [5.41, 5.74) is 7.34. The molecule has 0 unspecified atom stereocenters. The number of hydrogen-bond acceptors (Lipinski definition) is 2. The van der Waals surface area contributed by atoms with Crippen LogP contribution >= 0.6 is 0 Å². The largest absolute Gasteiger partial charge is 0.279 e. The lowest BCUT2D eigenvalue weighted by atomic mass is 9.48. The monoisotopic (exact) mass is 330 g/mol. The van der Waals surface area contributed by atoms with Gasteiger partial charge in [0.15, 0.2) is 0 Å². The second kappa shape index (κ2) is 6.01. The van der Waals surface area contributed by atoms with Crippen LogP contribution in [0.1, 0.15) is 49.7 Å². The smallest absolute Gasteiger partial charge is 0.0561 e. The summed E-state index contributed by atoms with van der Waals surface area (Å²) in [7, 11) is 0. The number of benzene rings is 2. The Labute approximate surface area is 150 Å². The molecule has 25 heavy (non-hydrogen) atoms. The van der Waals surface area contributed by atoms with Crippen LogP contribution in [0.3, 0.4) is 0 Å². The van der Waals surface area contributed by atoms with Crippen LogP contribution in [0, 0.1) is 17.8 Å². The van der Waals surface area contributed by atoms with Crippen LogP contribution in [0.25, 0.3) is 0 Å². The molecule has 2 nitrogen and oxygen atoms in total. The molecule has 4 saturated carbocycles. The van der Waals surface area contributed by atoms with Gasteiger partial charge in [0.1, 0.15) is 0 Å².